The van der Waals surface area contributed by atoms with Crippen LogP contribution < -0.4 is 10.5 Å². The molecule has 2 aromatic heterocycles. The number of nitrogens with one attached hydrogen (secondary N) is 1. The van der Waals surface area contributed by atoms with Gasteiger partial charge in [0.05, 0.1) is 24.6 Å². The van der Waals surface area contributed by atoms with Gasteiger partial charge in [-0.2, -0.15) is 5.10 Å². The molecule has 0 amide bonds. The number of benzene rings is 1. The Kier molecular flexibility index (Phi) is 3.27. The number of ether oxygens (including phenoxy) is 1. The Bertz CT molecular complexity index is 768. The molecular weight excluding hydrogens is 271 g/mol. The first-order valence-corrected chi connectivity index (χ1v) is 6.28. The zero-order valence-electron chi connectivity index (χ0n) is 11.3. The predicted molar refractivity (Wildman–Crippen MR) is 78.2 cm³/mol. The first kappa shape index (κ1) is 13.1. The van der Waals surface area contributed by atoms with E-state index in [1.54, 1.807) is 13.3 Å². The van der Waals surface area contributed by atoms with E-state index in [2.05, 4.69) is 15.2 Å². The van der Waals surface area contributed by atoms with Crippen molar-refractivity contribution in [3.05, 3.63) is 48.5 Å². The van der Waals surface area contributed by atoms with Crippen LogP contribution >= 0.6 is 0 Å². The van der Waals surface area contributed by atoms with Crippen LogP contribution in [0.1, 0.15) is 0 Å². The summed E-state index contributed by atoms with van der Waals surface area (Å²) < 4.78 is 18.5. The number of methoxy groups -OCH3 is 1. The third kappa shape index (κ3) is 2.43. The Morgan fingerprint density at radius 2 is 1.90 bits per heavy atom. The number of hydrogen-bond acceptors (Lipinski definition) is 4. The maximum absolute atomic E-state index is 13.3. The predicted octanol–water partition coefficient (Wildman–Crippen LogP) is 2.87. The maximum atomic E-state index is 13.3. The largest absolute Gasteiger partial charge is 0.497 e. The monoisotopic (exact) mass is 284 g/mol. The van der Waals surface area contributed by atoms with Crippen molar-refractivity contribution in [1.29, 1.82) is 0 Å². The van der Waals surface area contributed by atoms with Gasteiger partial charge in [-0.05, 0) is 23.8 Å². The molecule has 0 saturated carbocycles. The number of aromatic nitrogens is 3. The first-order chi connectivity index (χ1) is 10.2. The van der Waals surface area contributed by atoms with Gasteiger partial charge >= 0.3 is 0 Å². The summed E-state index contributed by atoms with van der Waals surface area (Å²) in [4.78, 5) is 3.85. The number of pyridine rings is 1. The number of aromatic amines is 1. The lowest BCUT2D eigenvalue weighted by Crippen LogP contribution is -1.90. The highest BCUT2D eigenvalue weighted by molar-refractivity contribution is 5.87. The van der Waals surface area contributed by atoms with Gasteiger partial charge in [0.15, 0.2) is 5.82 Å². The second-order valence-electron chi connectivity index (χ2n) is 4.48. The van der Waals surface area contributed by atoms with E-state index in [-0.39, 0.29) is 0 Å². The Balaban J connectivity index is 2.12. The van der Waals surface area contributed by atoms with Gasteiger partial charge < -0.3 is 10.5 Å². The van der Waals surface area contributed by atoms with Crippen LogP contribution in [-0.4, -0.2) is 22.3 Å². The molecule has 0 saturated heterocycles. The number of H-pyrrole nitrogens is 1. The SMILES string of the molecule is COc1ccc(-c2c(N)n[nH]c2-c2cncc(F)c2)cc1. The van der Waals surface area contributed by atoms with Crippen molar-refractivity contribution in [2.24, 2.45) is 0 Å². The summed E-state index contributed by atoms with van der Waals surface area (Å²) in [6.07, 6.45) is 2.71. The maximum Gasteiger partial charge on any atom is 0.153 e. The van der Waals surface area contributed by atoms with Gasteiger partial charge in [-0.25, -0.2) is 4.39 Å². The fraction of sp³-hybridized carbons (Fsp3) is 0.0667. The summed E-state index contributed by atoms with van der Waals surface area (Å²) in [6.45, 7) is 0. The number of nitrogen functional groups attached to an aromatic ring is 1. The molecule has 0 aliphatic rings. The minimum absolute atomic E-state index is 0.347. The van der Waals surface area contributed by atoms with Gasteiger partial charge in [0, 0.05) is 11.8 Å². The molecular formula is C15H13FN4O. The van der Waals surface area contributed by atoms with Gasteiger partial charge in [-0.3, -0.25) is 10.1 Å². The summed E-state index contributed by atoms with van der Waals surface area (Å²) in [5, 5.41) is 6.84. The quantitative estimate of drug-likeness (QED) is 0.775. The summed E-state index contributed by atoms with van der Waals surface area (Å²) in [7, 11) is 1.60. The molecule has 5 nitrogen and oxygen atoms in total. The van der Waals surface area contributed by atoms with Crippen molar-refractivity contribution in [3.63, 3.8) is 0 Å². The summed E-state index contributed by atoms with van der Waals surface area (Å²) in [6, 6.07) is 8.78. The lowest BCUT2D eigenvalue weighted by atomic mass is 10.0. The normalized spacial score (nSPS) is 10.6. The standard InChI is InChI=1S/C15H13FN4O/c1-21-12-4-2-9(3-5-12)13-14(19-20-15(13)17)10-6-11(16)8-18-7-10/h2-8H,1H3,(H3,17,19,20). The summed E-state index contributed by atoms with van der Waals surface area (Å²) in [5.74, 6) is 0.676. The second kappa shape index (κ2) is 5.24. The topological polar surface area (TPSA) is 76.8 Å². The Morgan fingerprint density at radius 1 is 1.14 bits per heavy atom. The van der Waals surface area contributed by atoms with E-state index in [1.165, 1.54) is 6.07 Å². The molecule has 106 valence electrons. The van der Waals surface area contributed by atoms with E-state index in [4.69, 9.17) is 10.5 Å². The molecule has 3 aromatic rings. The van der Waals surface area contributed by atoms with Crippen molar-refractivity contribution in [2.75, 3.05) is 12.8 Å². The van der Waals surface area contributed by atoms with E-state index in [9.17, 15) is 4.39 Å². The van der Waals surface area contributed by atoms with Crippen LogP contribution in [0.15, 0.2) is 42.7 Å². The Morgan fingerprint density at radius 3 is 2.57 bits per heavy atom. The van der Waals surface area contributed by atoms with Crippen molar-refractivity contribution in [3.8, 4) is 28.1 Å². The van der Waals surface area contributed by atoms with Crippen molar-refractivity contribution < 1.29 is 9.13 Å². The molecule has 0 spiro atoms. The lowest BCUT2D eigenvalue weighted by molar-refractivity contribution is 0.415. The van der Waals surface area contributed by atoms with E-state index < -0.39 is 5.82 Å². The van der Waals surface area contributed by atoms with E-state index >= 15 is 0 Å². The van der Waals surface area contributed by atoms with Crippen LogP contribution in [0.4, 0.5) is 10.2 Å². The Hall–Kier alpha value is -2.89. The smallest absolute Gasteiger partial charge is 0.153 e. The van der Waals surface area contributed by atoms with Crippen LogP contribution in [0, 0.1) is 5.82 Å². The van der Waals surface area contributed by atoms with Crippen LogP contribution in [0.5, 0.6) is 5.75 Å². The highest BCUT2D eigenvalue weighted by atomic mass is 19.1. The molecule has 3 rings (SSSR count). The first-order valence-electron chi connectivity index (χ1n) is 6.28. The Labute approximate surface area is 120 Å². The summed E-state index contributed by atoms with van der Waals surface area (Å²) in [5.41, 5.74) is 8.72. The highest BCUT2D eigenvalue weighted by Crippen LogP contribution is 2.35. The fourth-order valence-electron chi connectivity index (χ4n) is 2.16. The van der Waals surface area contributed by atoms with Crippen LogP contribution in [0.25, 0.3) is 22.4 Å². The molecule has 0 bridgehead atoms. The molecule has 2 heterocycles. The number of rotatable bonds is 3. The lowest BCUT2D eigenvalue weighted by Gasteiger charge is -2.06. The zero-order chi connectivity index (χ0) is 14.8. The number of hydrogen-bond donors (Lipinski definition) is 2. The molecule has 6 heteroatoms. The van der Waals surface area contributed by atoms with E-state index in [1.807, 2.05) is 24.3 Å². The zero-order valence-corrected chi connectivity index (χ0v) is 11.3. The molecule has 0 atom stereocenters. The second-order valence-corrected chi connectivity index (χ2v) is 4.48. The van der Waals surface area contributed by atoms with Crippen molar-refractivity contribution in [1.82, 2.24) is 15.2 Å². The van der Waals surface area contributed by atoms with Gasteiger partial charge in [0.25, 0.3) is 0 Å². The summed E-state index contributed by atoms with van der Waals surface area (Å²) >= 11 is 0. The minimum atomic E-state index is -0.415. The molecule has 21 heavy (non-hydrogen) atoms. The third-order valence-electron chi connectivity index (χ3n) is 3.17. The minimum Gasteiger partial charge on any atom is -0.497 e. The van der Waals surface area contributed by atoms with Crippen LogP contribution in [0.3, 0.4) is 0 Å². The molecule has 0 aliphatic heterocycles. The molecule has 0 fully saturated rings. The van der Waals surface area contributed by atoms with E-state index in [0.29, 0.717) is 22.6 Å². The van der Waals surface area contributed by atoms with Gasteiger partial charge in [-0.1, -0.05) is 12.1 Å². The van der Waals surface area contributed by atoms with Crippen molar-refractivity contribution >= 4 is 5.82 Å². The van der Waals surface area contributed by atoms with Gasteiger partial charge in [0.2, 0.25) is 0 Å². The van der Waals surface area contributed by atoms with Gasteiger partial charge in [0.1, 0.15) is 11.6 Å². The number of halogens is 1. The molecule has 3 N–H and O–H groups in total. The van der Waals surface area contributed by atoms with E-state index in [0.717, 1.165) is 17.5 Å². The number of nitrogens with zero attached hydrogens (tertiary/aromatic N) is 2. The van der Waals surface area contributed by atoms with Crippen LogP contribution in [0.2, 0.25) is 0 Å². The molecule has 1 aromatic carbocycles. The van der Waals surface area contributed by atoms with Crippen molar-refractivity contribution in [2.45, 2.75) is 0 Å². The number of nitrogens with two attached hydrogens (primary N) is 1. The third-order valence-corrected chi connectivity index (χ3v) is 3.17. The molecule has 0 aliphatic carbocycles. The highest BCUT2D eigenvalue weighted by Gasteiger charge is 2.15. The molecule has 0 radical (unpaired) electrons. The number of anilines is 1. The average Bonchev–Trinajstić information content (AvgIpc) is 2.89. The van der Waals surface area contributed by atoms with Crippen LogP contribution in [-0.2, 0) is 0 Å². The average molecular weight is 284 g/mol. The fourth-order valence-corrected chi connectivity index (χ4v) is 2.16. The van der Waals surface area contributed by atoms with Gasteiger partial charge in [-0.15, -0.1) is 0 Å². The molecule has 0 unspecified atom stereocenters.